The van der Waals surface area contributed by atoms with Crippen LogP contribution in [-0.2, 0) is 0 Å². The minimum absolute atomic E-state index is 0.146. The van der Waals surface area contributed by atoms with Crippen LogP contribution < -0.4 is 5.73 Å². The zero-order valence-corrected chi connectivity index (χ0v) is 13.2. The van der Waals surface area contributed by atoms with Crippen molar-refractivity contribution in [3.63, 3.8) is 0 Å². The van der Waals surface area contributed by atoms with Gasteiger partial charge in [-0.3, -0.25) is 5.41 Å². The maximum Gasteiger partial charge on any atom is 0.0963 e. The average molecular weight is 268 g/mol. The van der Waals surface area contributed by atoms with E-state index < -0.39 is 0 Å². The van der Waals surface area contributed by atoms with Crippen LogP contribution in [0.4, 0.5) is 0 Å². The van der Waals surface area contributed by atoms with Gasteiger partial charge in [-0.2, -0.15) is 0 Å². The van der Waals surface area contributed by atoms with Crippen molar-refractivity contribution in [3.05, 3.63) is 0 Å². The molecule has 0 saturated carbocycles. The normalized spacial score (nSPS) is 19.0. The van der Waals surface area contributed by atoms with Crippen LogP contribution in [0, 0.1) is 10.8 Å². The zero-order chi connectivity index (χ0) is 14.5. The molecule has 0 unspecified atom stereocenters. The summed E-state index contributed by atoms with van der Waals surface area (Å²) in [6.45, 7) is 11.2. The summed E-state index contributed by atoms with van der Waals surface area (Å²) in [4.78, 5) is 5.03. The molecule has 0 atom stereocenters. The van der Waals surface area contributed by atoms with Crippen molar-refractivity contribution in [2.75, 3.05) is 33.2 Å². The number of nitrogens with one attached hydrogen (secondary N) is 1. The minimum atomic E-state index is -0.146. The summed E-state index contributed by atoms with van der Waals surface area (Å²) in [5.41, 5.74) is 5.48. The first kappa shape index (κ1) is 16.4. The first-order valence-corrected chi connectivity index (χ1v) is 7.64. The predicted octanol–water partition coefficient (Wildman–Crippen LogP) is 2.14. The van der Waals surface area contributed by atoms with Crippen LogP contribution in [0.3, 0.4) is 0 Å². The molecule has 0 aromatic rings. The summed E-state index contributed by atoms with van der Waals surface area (Å²) in [7, 11) is 2.24. The van der Waals surface area contributed by atoms with Crippen LogP contribution in [0.2, 0.25) is 0 Å². The van der Waals surface area contributed by atoms with Crippen LogP contribution >= 0.6 is 0 Å². The van der Waals surface area contributed by atoms with Gasteiger partial charge in [-0.25, -0.2) is 0 Å². The van der Waals surface area contributed by atoms with E-state index in [-0.39, 0.29) is 5.41 Å². The molecular formula is C15H32N4. The van der Waals surface area contributed by atoms with Gasteiger partial charge in [0.1, 0.15) is 0 Å². The van der Waals surface area contributed by atoms with Gasteiger partial charge in [-0.05, 0) is 58.9 Å². The first-order chi connectivity index (χ1) is 8.86. The summed E-state index contributed by atoms with van der Waals surface area (Å²) in [6, 6.07) is 0.739. The number of hydrogen-bond donors (Lipinski definition) is 2. The molecule has 1 rings (SSSR count). The predicted molar refractivity (Wildman–Crippen MR) is 82.7 cm³/mol. The molecule has 0 aliphatic carbocycles. The smallest absolute Gasteiger partial charge is 0.0963 e. The van der Waals surface area contributed by atoms with Gasteiger partial charge in [0.15, 0.2) is 0 Å². The van der Waals surface area contributed by atoms with Crippen molar-refractivity contribution in [2.45, 2.75) is 52.5 Å². The van der Waals surface area contributed by atoms with E-state index in [4.69, 9.17) is 11.1 Å². The van der Waals surface area contributed by atoms with Crippen molar-refractivity contribution in [3.8, 4) is 0 Å². The topological polar surface area (TPSA) is 56.4 Å². The standard InChI is InChI=1S/C15H32N4/c1-5-19-11-7-13(8-12-19)18(4)10-6-9-15(2,3)14(16)17/h13H,5-12H2,1-4H3,(H3,16,17). The molecule has 0 aromatic heterocycles. The van der Waals surface area contributed by atoms with Gasteiger partial charge in [0.2, 0.25) is 0 Å². The average Bonchev–Trinajstić information content (AvgIpc) is 2.38. The summed E-state index contributed by atoms with van der Waals surface area (Å²) < 4.78 is 0. The lowest BCUT2D eigenvalue weighted by atomic mass is 9.86. The van der Waals surface area contributed by atoms with E-state index in [0.717, 1.165) is 25.4 Å². The fourth-order valence-electron chi connectivity index (χ4n) is 2.76. The quantitative estimate of drug-likeness (QED) is 0.549. The Labute approximate surface area is 118 Å². The molecule has 4 heteroatoms. The Hall–Kier alpha value is -0.610. The molecule has 0 amide bonds. The fraction of sp³-hybridized carbons (Fsp3) is 0.933. The van der Waals surface area contributed by atoms with E-state index in [2.05, 4.69) is 37.6 Å². The van der Waals surface area contributed by atoms with Crippen molar-refractivity contribution in [1.29, 1.82) is 5.41 Å². The maximum atomic E-state index is 7.58. The van der Waals surface area contributed by atoms with Gasteiger partial charge in [0, 0.05) is 11.5 Å². The second-order valence-corrected chi connectivity index (χ2v) is 6.55. The second kappa shape index (κ2) is 7.25. The highest BCUT2D eigenvalue weighted by Gasteiger charge is 2.24. The molecule has 112 valence electrons. The third-order valence-electron chi connectivity index (χ3n) is 4.67. The number of piperidine rings is 1. The van der Waals surface area contributed by atoms with Crippen LogP contribution in [0.1, 0.15) is 46.5 Å². The molecule has 0 aromatic carbocycles. The van der Waals surface area contributed by atoms with E-state index in [1.165, 1.54) is 32.5 Å². The monoisotopic (exact) mass is 268 g/mol. The molecule has 3 N–H and O–H groups in total. The van der Waals surface area contributed by atoms with E-state index >= 15 is 0 Å². The lowest BCUT2D eigenvalue weighted by molar-refractivity contribution is 0.128. The van der Waals surface area contributed by atoms with E-state index in [9.17, 15) is 0 Å². The highest BCUT2D eigenvalue weighted by molar-refractivity contribution is 5.82. The Morgan fingerprint density at radius 2 is 1.95 bits per heavy atom. The number of likely N-dealkylation sites (tertiary alicyclic amines) is 1. The van der Waals surface area contributed by atoms with Gasteiger partial charge in [-0.1, -0.05) is 20.8 Å². The molecular weight excluding hydrogens is 236 g/mol. The molecule has 0 radical (unpaired) electrons. The third-order valence-corrected chi connectivity index (χ3v) is 4.67. The number of nitrogens with two attached hydrogens (primary N) is 1. The SMILES string of the molecule is CCN1CCC(N(C)CCCC(C)(C)C(=N)N)CC1. The molecule has 4 nitrogen and oxygen atoms in total. The number of rotatable bonds is 7. The number of nitrogens with zero attached hydrogens (tertiary/aromatic N) is 2. The van der Waals surface area contributed by atoms with Crippen molar-refractivity contribution >= 4 is 5.84 Å². The Kier molecular flexibility index (Phi) is 6.27. The summed E-state index contributed by atoms with van der Waals surface area (Å²) in [6.07, 6.45) is 4.71. The second-order valence-electron chi connectivity index (χ2n) is 6.55. The zero-order valence-electron chi connectivity index (χ0n) is 13.2. The molecule has 0 bridgehead atoms. The van der Waals surface area contributed by atoms with Crippen molar-refractivity contribution < 1.29 is 0 Å². The Balaban J connectivity index is 2.25. The van der Waals surface area contributed by atoms with Crippen molar-refractivity contribution in [2.24, 2.45) is 11.1 Å². The fourth-order valence-corrected chi connectivity index (χ4v) is 2.76. The maximum absolute atomic E-state index is 7.58. The lowest BCUT2D eigenvalue weighted by Crippen LogP contribution is -2.43. The van der Waals surface area contributed by atoms with E-state index in [1.54, 1.807) is 0 Å². The number of hydrogen-bond acceptors (Lipinski definition) is 3. The molecule has 1 saturated heterocycles. The van der Waals surface area contributed by atoms with Gasteiger partial charge < -0.3 is 15.5 Å². The number of amidine groups is 1. The van der Waals surface area contributed by atoms with Crippen molar-refractivity contribution in [1.82, 2.24) is 9.80 Å². The highest BCUT2D eigenvalue weighted by atomic mass is 15.2. The van der Waals surface area contributed by atoms with Gasteiger partial charge in [0.05, 0.1) is 5.84 Å². The van der Waals surface area contributed by atoms with E-state index in [1.807, 2.05) is 0 Å². The van der Waals surface area contributed by atoms with Crippen LogP contribution in [-0.4, -0.2) is 54.9 Å². The molecule has 1 fully saturated rings. The van der Waals surface area contributed by atoms with Crippen LogP contribution in [0.15, 0.2) is 0 Å². The summed E-state index contributed by atoms with van der Waals surface area (Å²) in [5.74, 6) is 0.311. The molecule has 19 heavy (non-hydrogen) atoms. The largest absolute Gasteiger partial charge is 0.387 e. The van der Waals surface area contributed by atoms with Crippen LogP contribution in [0.25, 0.3) is 0 Å². The summed E-state index contributed by atoms with van der Waals surface area (Å²) in [5, 5.41) is 7.58. The van der Waals surface area contributed by atoms with Gasteiger partial charge in [-0.15, -0.1) is 0 Å². The minimum Gasteiger partial charge on any atom is -0.387 e. The highest BCUT2D eigenvalue weighted by Crippen LogP contribution is 2.23. The molecule has 1 heterocycles. The van der Waals surface area contributed by atoms with Crippen LogP contribution in [0.5, 0.6) is 0 Å². The Bertz CT molecular complexity index is 280. The van der Waals surface area contributed by atoms with Gasteiger partial charge >= 0.3 is 0 Å². The van der Waals surface area contributed by atoms with Gasteiger partial charge in [0.25, 0.3) is 0 Å². The van der Waals surface area contributed by atoms with E-state index in [0.29, 0.717) is 5.84 Å². The Morgan fingerprint density at radius 3 is 2.42 bits per heavy atom. The molecule has 0 spiro atoms. The lowest BCUT2D eigenvalue weighted by Gasteiger charge is -2.36. The molecule has 1 aliphatic rings. The third kappa shape index (κ3) is 5.11. The summed E-state index contributed by atoms with van der Waals surface area (Å²) >= 11 is 0. The first-order valence-electron chi connectivity index (χ1n) is 7.64. The Morgan fingerprint density at radius 1 is 1.37 bits per heavy atom. The molecule has 1 aliphatic heterocycles.